The van der Waals surface area contributed by atoms with Gasteiger partial charge in [-0.15, -0.1) is 5.10 Å². The Morgan fingerprint density at radius 2 is 2.12 bits per heavy atom. The molecule has 1 aromatic heterocycles. The first-order chi connectivity index (χ1) is 11.9. The van der Waals surface area contributed by atoms with Crippen molar-refractivity contribution in [2.24, 2.45) is 0 Å². The van der Waals surface area contributed by atoms with Crippen molar-refractivity contribution in [2.45, 2.75) is 33.2 Å². The van der Waals surface area contributed by atoms with Gasteiger partial charge in [-0.05, 0) is 38.8 Å². The molecule has 1 atom stereocenters. The number of rotatable bonds is 5. The van der Waals surface area contributed by atoms with Crippen molar-refractivity contribution in [3.8, 4) is 0 Å². The van der Waals surface area contributed by atoms with Crippen LogP contribution in [0.15, 0.2) is 24.4 Å². The number of anilines is 3. The van der Waals surface area contributed by atoms with E-state index in [0.717, 1.165) is 11.3 Å². The van der Waals surface area contributed by atoms with Crippen LogP contribution in [0.25, 0.3) is 0 Å². The number of sulfone groups is 1. The van der Waals surface area contributed by atoms with Crippen LogP contribution < -0.4 is 10.2 Å². The zero-order valence-corrected chi connectivity index (χ0v) is 15.5. The van der Waals surface area contributed by atoms with Gasteiger partial charge in [0.2, 0.25) is 5.95 Å². The molecule has 0 radical (unpaired) electrons. The van der Waals surface area contributed by atoms with Crippen molar-refractivity contribution in [1.29, 1.82) is 0 Å². The summed E-state index contributed by atoms with van der Waals surface area (Å²) in [6.07, 6.45) is 2.18. The van der Waals surface area contributed by atoms with E-state index < -0.39 is 9.84 Å². The first-order valence-corrected chi connectivity index (χ1v) is 10.2. The van der Waals surface area contributed by atoms with Gasteiger partial charge in [-0.1, -0.05) is 17.7 Å². The lowest BCUT2D eigenvalue weighted by molar-refractivity contribution is 0.598. The molecule has 0 aliphatic carbocycles. The van der Waals surface area contributed by atoms with Crippen LogP contribution in [-0.2, 0) is 9.84 Å². The zero-order valence-electron chi connectivity index (χ0n) is 14.7. The number of hydrogen-bond donors (Lipinski definition) is 1. The first kappa shape index (κ1) is 17.6. The molecular weight excluding hydrogens is 338 g/mol. The number of nitrogens with zero attached hydrogens (tertiary/aromatic N) is 4. The summed E-state index contributed by atoms with van der Waals surface area (Å²) in [7, 11) is -2.96. The number of aryl methyl sites for hydroxylation is 2. The fraction of sp³-hybridized carbons (Fsp3) is 0.471. The van der Waals surface area contributed by atoms with E-state index in [1.807, 2.05) is 30.9 Å². The molecule has 1 unspecified atom stereocenters. The molecule has 1 aliphatic rings. The van der Waals surface area contributed by atoms with Gasteiger partial charge in [0.15, 0.2) is 15.7 Å². The fourth-order valence-corrected chi connectivity index (χ4v) is 4.88. The Balaban J connectivity index is 1.82. The summed E-state index contributed by atoms with van der Waals surface area (Å²) in [6.45, 7) is 6.69. The SMILES string of the molecule is CCN(c1nncc(Nc2ccc(C)cc2C)n1)C1CCS(=O)(=O)C1. The standard InChI is InChI=1S/C17H23N5O2S/c1-4-22(14-7-8-25(23,24)11-14)17-20-16(10-18-21-17)19-15-6-5-12(2)9-13(15)3/h5-6,9-10,14H,4,7-8,11H2,1-3H3,(H,19,20,21). The third-order valence-corrected chi connectivity index (χ3v) is 6.19. The van der Waals surface area contributed by atoms with E-state index in [4.69, 9.17) is 0 Å². The summed E-state index contributed by atoms with van der Waals surface area (Å²) in [6, 6.07) is 6.05. The van der Waals surface area contributed by atoms with Crippen LogP contribution in [0.5, 0.6) is 0 Å². The number of hydrogen-bond acceptors (Lipinski definition) is 7. The van der Waals surface area contributed by atoms with E-state index in [1.165, 1.54) is 5.56 Å². The van der Waals surface area contributed by atoms with Crippen LogP contribution in [0.1, 0.15) is 24.5 Å². The molecule has 0 spiro atoms. The maximum atomic E-state index is 11.8. The highest BCUT2D eigenvalue weighted by atomic mass is 32.2. The van der Waals surface area contributed by atoms with Crippen molar-refractivity contribution < 1.29 is 8.42 Å². The van der Waals surface area contributed by atoms with Gasteiger partial charge in [0.1, 0.15) is 0 Å². The Kier molecular flexibility index (Phi) is 4.89. The summed E-state index contributed by atoms with van der Waals surface area (Å²) in [4.78, 5) is 6.46. The van der Waals surface area contributed by atoms with Gasteiger partial charge < -0.3 is 10.2 Å². The second-order valence-corrected chi connectivity index (χ2v) is 8.66. The van der Waals surface area contributed by atoms with E-state index in [0.29, 0.717) is 24.7 Å². The van der Waals surface area contributed by atoms with Crippen molar-refractivity contribution in [2.75, 3.05) is 28.3 Å². The number of benzene rings is 1. The molecule has 0 amide bonds. The molecule has 8 heteroatoms. The predicted molar refractivity (Wildman–Crippen MR) is 99.1 cm³/mol. The van der Waals surface area contributed by atoms with Crippen LogP contribution >= 0.6 is 0 Å². The maximum Gasteiger partial charge on any atom is 0.247 e. The molecule has 1 N–H and O–H groups in total. The number of aromatic nitrogens is 3. The Bertz CT molecular complexity index is 869. The fourth-order valence-electron chi connectivity index (χ4n) is 3.15. The molecule has 1 aliphatic heterocycles. The Hall–Kier alpha value is -2.22. The topological polar surface area (TPSA) is 88.1 Å². The summed E-state index contributed by atoms with van der Waals surface area (Å²) < 4.78 is 23.5. The van der Waals surface area contributed by atoms with E-state index in [2.05, 4.69) is 33.5 Å². The molecule has 1 aromatic carbocycles. The van der Waals surface area contributed by atoms with Gasteiger partial charge in [0, 0.05) is 18.3 Å². The largest absolute Gasteiger partial charge is 0.339 e. The monoisotopic (exact) mass is 361 g/mol. The lowest BCUT2D eigenvalue weighted by Gasteiger charge is -2.26. The summed E-state index contributed by atoms with van der Waals surface area (Å²) in [5.41, 5.74) is 3.28. The Morgan fingerprint density at radius 1 is 1.32 bits per heavy atom. The minimum atomic E-state index is -2.96. The highest BCUT2D eigenvalue weighted by Gasteiger charge is 2.33. The highest BCUT2D eigenvalue weighted by molar-refractivity contribution is 7.91. The molecule has 1 saturated heterocycles. The van der Waals surface area contributed by atoms with Crippen molar-refractivity contribution in [3.63, 3.8) is 0 Å². The van der Waals surface area contributed by atoms with Crippen LogP contribution in [0.3, 0.4) is 0 Å². The second-order valence-electron chi connectivity index (χ2n) is 6.43. The van der Waals surface area contributed by atoms with E-state index in [1.54, 1.807) is 6.20 Å². The third kappa shape index (κ3) is 4.07. The summed E-state index contributed by atoms with van der Waals surface area (Å²) >= 11 is 0. The van der Waals surface area contributed by atoms with Gasteiger partial charge in [-0.3, -0.25) is 0 Å². The van der Waals surface area contributed by atoms with Crippen molar-refractivity contribution in [1.82, 2.24) is 15.2 Å². The van der Waals surface area contributed by atoms with Gasteiger partial charge in [0.05, 0.1) is 17.7 Å². The highest BCUT2D eigenvalue weighted by Crippen LogP contribution is 2.24. The molecule has 0 bridgehead atoms. The molecule has 2 aromatic rings. The summed E-state index contributed by atoms with van der Waals surface area (Å²) in [5.74, 6) is 1.43. The normalized spacial score (nSPS) is 18.9. The molecule has 134 valence electrons. The van der Waals surface area contributed by atoms with Crippen LogP contribution in [-0.4, -0.2) is 47.7 Å². The van der Waals surface area contributed by atoms with Crippen LogP contribution in [0.4, 0.5) is 17.5 Å². The quantitative estimate of drug-likeness (QED) is 0.874. The molecule has 0 saturated carbocycles. The summed E-state index contributed by atoms with van der Waals surface area (Å²) in [5, 5.41) is 11.4. The first-order valence-electron chi connectivity index (χ1n) is 8.39. The Labute approximate surface area is 148 Å². The molecule has 25 heavy (non-hydrogen) atoms. The van der Waals surface area contributed by atoms with Gasteiger partial charge in [-0.25, -0.2) is 8.42 Å². The predicted octanol–water partition coefficient (Wildman–Crippen LogP) is 2.25. The van der Waals surface area contributed by atoms with Crippen LogP contribution in [0, 0.1) is 13.8 Å². The zero-order chi connectivity index (χ0) is 18.0. The number of nitrogens with one attached hydrogen (secondary N) is 1. The third-order valence-electron chi connectivity index (χ3n) is 4.44. The molecule has 1 fully saturated rings. The molecule has 2 heterocycles. The Morgan fingerprint density at radius 3 is 2.76 bits per heavy atom. The average Bonchev–Trinajstić information content (AvgIpc) is 2.91. The van der Waals surface area contributed by atoms with E-state index in [-0.39, 0.29) is 17.5 Å². The lowest BCUT2D eigenvalue weighted by Crippen LogP contribution is -2.37. The smallest absolute Gasteiger partial charge is 0.247 e. The van der Waals surface area contributed by atoms with E-state index >= 15 is 0 Å². The van der Waals surface area contributed by atoms with E-state index in [9.17, 15) is 8.42 Å². The van der Waals surface area contributed by atoms with Crippen molar-refractivity contribution >= 4 is 27.3 Å². The molecule has 7 nitrogen and oxygen atoms in total. The minimum Gasteiger partial charge on any atom is -0.339 e. The van der Waals surface area contributed by atoms with Gasteiger partial charge >= 0.3 is 0 Å². The van der Waals surface area contributed by atoms with Crippen molar-refractivity contribution in [3.05, 3.63) is 35.5 Å². The van der Waals surface area contributed by atoms with Crippen LogP contribution in [0.2, 0.25) is 0 Å². The molecular formula is C17H23N5O2S. The maximum absolute atomic E-state index is 11.8. The molecule has 3 rings (SSSR count). The van der Waals surface area contributed by atoms with Gasteiger partial charge in [0.25, 0.3) is 0 Å². The lowest BCUT2D eigenvalue weighted by atomic mass is 10.1. The van der Waals surface area contributed by atoms with Gasteiger partial charge in [-0.2, -0.15) is 10.1 Å². The minimum absolute atomic E-state index is 0.0897. The second kappa shape index (κ2) is 6.95. The average molecular weight is 361 g/mol.